The Labute approximate surface area is 266 Å². The molecule has 250 valence electrons. The number of benzene rings is 3. The number of phenolic OH excluding ortho intramolecular Hbond substituents is 2. The summed E-state index contributed by atoms with van der Waals surface area (Å²) in [7, 11) is 8.65. The van der Waals surface area contributed by atoms with Crippen LogP contribution in [0.3, 0.4) is 0 Å². The first-order valence-electron chi connectivity index (χ1n) is 14.6. The quantitative estimate of drug-likeness (QED) is 0.213. The summed E-state index contributed by atoms with van der Waals surface area (Å²) in [6, 6.07) is 9.90. The molecule has 4 N–H and O–H groups in total. The van der Waals surface area contributed by atoms with E-state index in [0.717, 1.165) is 11.1 Å². The number of rotatable bonds is 13. The lowest BCUT2D eigenvalue weighted by Crippen LogP contribution is -2.29. The van der Waals surface area contributed by atoms with Crippen molar-refractivity contribution >= 4 is 0 Å². The minimum Gasteiger partial charge on any atom is -0.502 e. The van der Waals surface area contributed by atoms with Gasteiger partial charge in [0, 0.05) is 11.8 Å². The summed E-state index contributed by atoms with van der Waals surface area (Å²) in [5.74, 6) is 1.21. The lowest BCUT2D eigenvalue weighted by atomic mass is 9.84. The van der Waals surface area contributed by atoms with Crippen molar-refractivity contribution in [1.29, 1.82) is 0 Å². The molecule has 2 saturated heterocycles. The van der Waals surface area contributed by atoms with Crippen molar-refractivity contribution < 1.29 is 63.1 Å². The third kappa shape index (κ3) is 5.98. The topological polar surface area (TPSA) is 164 Å². The SMILES string of the molecule is COc1cc([C@@H](O)[C@H](CO)Oc2c(OC)cc([C@@H]3OC[C@@H]4[C@H]3CO[C@H]4c3cc(OC)c(O)c(OC)c3)cc2OC)cc(OC)c1O. The molecule has 0 saturated carbocycles. The lowest BCUT2D eigenvalue weighted by Gasteiger charge is -2.26. The molecule has 13 nitrogen and oxygen atoms in total. The Morgan fingerprint density at radius 1 is 0.630 bits per heavy atom. The van der Waals surface area contributed by atoms with Gasteiger partial charge in [0.15, 0.2) is 40.6 Å². The second kappa shape index (κ2) is 14.0. The van der Waals surface area contributed by atoms with Crippen LogP contribution in [-0.4, -0.2) is 89.0 Å². The molecular weight excluding hydrogens is 604 g/mol. The number of hydrogen-bond donors (Lipinski definition) is 4. The van der Waals surface area contributed by atoms with Crippen molar-refractivity contribution in [3.8, 4) is 51.7 Å². The van der Waals surface area contributed by atoms with Crippen molar-refractivity contribution in [2.75, 3.05) is 62.5 Å². The monoisotopic (exact) mass is 644 g/mol. The number of aliphatic hydroxyl groups excluding tert-OH is 2. The summed E-state index contributed by atoms with van der Waals surface area (Å²) >= 11 is 0. The van der Waals surface area contributed by atoms with Gasteiger partial charge in [-0.1, -0.05) is 0 Å². The second-order valence-corrected chi connectivity index (χ2v) is 10.9. The predicted octanol–water partition coefficient (Wildman–Crippen LogP) is 3.70. The Morgan fingerprint density at radius 3 is 1.37 bits per heavy atom. The largest absolute Gasteiger partial charge is 0.502 e. The normalized spacial score (nSPS) is 21.7. The Balaban J connectivity index is 1.41. The fourth-order valence-corrected chi connectivity index (χ4v) is 6.15. The molecule has 3 aromatic rings. The third-order valence-corrected chi connectivity index (χ3v) is 8.55. The van der Waals surface area contributed by atoms with Crippen molar-refractivity contribution in [3.05, 3.63) is 53.1 Å². The zero-order chi connectivity index (χ0) is 33.1. The van der Waals surface area contributed by atoms with E-state index in [2.05, 4.69) is 0 Å². The molecule has 0 radical (unpaired) electrons. The van der Waals surface area contributed by atoms with Gasteiger partial charge in [-0.05, 0) is 53.1 Å². The molecule has 2 heterocycles. The highest BCUT2D eigenvalue weighted by molar-refractivity contribution is 5.56. The van der Waals surface area contributed by atoms with Crippen LogP contribution in [0.4, 0.5) is 0 Å². The van der Waals surface area contributed by atoms with Crippen LogP contribution in [0.5, 0.6) is 51.7 Å². The maximum absolute atomic E-state index is 11.2. The van der Waals surface area contributed by atoms with Crippen molar-refractivity contribution in [2.24, 2.45) is 11.8 Å². The van der Waals surface area contributed by atoms with Crippen LogP contribution in [0, 0.1) is 11.8 Å². The highest BCUT2D eigenvalue weighted by atomic mass is 16.6. The van der Waals surface area contributed by atoms with E-state index in [4.69, 9.17) is 42.6 Å². The van der Waals surface area contributed by atoms with Gasteiger partial charge < -0.3 is 63.1 Å². The van der Waals surface area contributed by atoms with E-state index in [0.29, 0.717) is 24.7 Å². The van der Waals surface area contributed by atoms with Crippen LogP contribution in [0.2, 0.25) is 0 Å². The molecule has 0 aliphatic carbocycles. The van der Waals surface area contributed by atoms with Crippen LogP contribution >= 0.6 is 0 Å². The fraction of sp³-hybridized carbons (Fsp3) is 0.455. The summed E-state index contributed by atoms with van der Waals surface area (Å²) in [6.07, 6.45) is -3.19. The van der Waals surface area contributed by atoms with Crippen molar-refractivity contribution in [2.45, 2.75) is 24.4 Å². The molecule has 0 spiro atoms. The Kier molecular flexibility index (Phi) is 10.1. The van der Waals surface area contributed by atoms with Crippen LogP contribution in [0.15, 0.2) is 36.4 Å². The first kappa shape index (κ1) is 33.1. The van der Waals surface area contributed by atoms with E-state index in [1.54, 1.807) is 24.3 Å². The smallest absolute Gasteiger partial charge is 0.204 e. The number of aromatic hydroxyl groups is 2. The maximum Gasteiger partial charge on any atom is 0.204 e. The highest BCUT2D eigenvalue weighted by Gasteiger charge is 2.49. The van der Waals surface area contributed by atoms with Gasteiger partial charge in [-0.25, -0.2) is 0 Å². The van der Waals surface area contributed by atoms with E-state index in [-0.39, 0.29) is 69.9 Å². The molecular formula is C33H40O13. The molecule has 0 amide bonds. The van der Waals surface area contributed by atoms with Crippen LogP contribution < -0.4 is 33.2 Å². The predicted molar refractivity (Wildman–Crippen MR) is 163 cm³/mol. The average molecular weight is 645 g/mol. The van der Waals surface area contributed by atoms with Crippen molar-refractivity contribution in [1.82, 2.24) is 0 Å². The zero-order valence-corrected chi connectivity index (χ0v) is 26.5. The Bertz CT molecular complexity index is 1450. The number of fused-ring (bicyclic) bond motifs is 1. The summed E-state index contributed by atoms with van der Waals surface area (Å²) in [5.41, 5.74) is 1.86. The molecule has 5 rings (SSSR count). The zero-order valence-electron chi connectivity index (χ0n) is 26.5. The van der Waals surface area contributed by atoms with Crippen LogP contribution in [-0.2, 0) is 9.47 Å². The van der Waals surface area contributed by atoms with Gasteiger partial charge in [0.25, 0.3) is 0 Å². The molecule has 0 aromatic heterocycles. The summed E-state index contributed by atoms with van der Waals surface area (Å²) in [5, 5.41) is 42.1. The van der Waals surface area contributed by atoms with Gasteiger partial charge in [-0.2, -0.15) is 0 Å². The van der Waals surface area contributed by atoms with Gasteiger partial charge >= 0.3 is 0 Å². The molecule has 6 atom stereocenters. The Morgan fingerprint density at radius 2 is 1.00 bits per heavy atom. The van der Waals surface area contributed by atoms with E-state index in [1.165, 1.54) is 54.8 Å². The molecule has 2 aliphatic rings. The Hall–Kier alpha value is -4.30. The van der Waals surface area contributed by atoms with Gasteiger partial charge in [0.05, 0.1) is 74.7 Å². The number of phenols is 2. The van der Waals surface area contributed by atoms with Crippen LogP contribution in [0.25, 0.3) is 0 Å². The maximum atomic E-state index is 11.2. The minimum absolute atomic E-state index is 0.00470. The lowest BCUT2D eigenvalue weighted by molar-refractivity contribution is -0.00206. The number of aliphatic hydroxyl groups is 2. The molecule has 2 aliphatic heterocycles. The van der Waals surface area contributed by atoms with Crippen molar-refractivity contribution in [3.63, 3.8) is 0 Å². The summed E-state index contributed by atoms with van der Waals surface area (Å²) in [4.78, 5) is 0. The van der Waals surface area contributed by atoms with E-state index in [9.17, 15) is 20.4 Å². The van der Waals surface area contributed by atoms with E-state index < -0.39 is 18.8 Å². The molecule has 46 heavy (non-hydrogen) atoms. The summed E-state index contributed by atoms with van der Waals surface area (Å²) < 4.78 is 51.2. The summed E-state index contributed by atoms with van der Waals surface area (Å²) in [6.45, 7) is 0.279. The first-order valence-corrected chi connectivity index (χ1v) is 14.6. The first-order chi connectivity index (χ1) is 22.2. The van der Waals surface area contributed by atoms with E-state index >= 15 is 0 Å². The van der Waals surface area contributed by atoms with Gasteiger partial charge in [-0.15, -0.1) is 0 Å². The van der Waals surface area contributed by atoms with E-state index in [1.807, 2.05) is 0 Å². The average Bonchev–Trinajstić information content (AvgIpc) is 3.69. The molecule has 13 heteroatoms. The molecule has 0 bridgehead atoms. The number of ether oxygens (including phenoxy) is 9. The molecule has 0 unspecified atom stereocenters. The molecule has 2 fully saturated rings. The van der Waals surface area contributed by atoms with Gasteiger partial charge in [0.1, 0.15) is 6.10 Å². The fourth-order valence-electron chi connectivity index (χ4n) is 6.15. The highest BCUT2D eigenvalue weighted by Crippen LogP contribution is 2.54. The second-order valence-electron chi connectivity index (χ2n) is 10.9. The number of methoxy groups -OCH3 is 6. The molecule has 3 aromatic carbocycles. The number of hydrogen-bond acceptors (Lipinski definition) is 13. The standard InChI is InChI=1S/C33H40O13/c1-38-21-7-16(8-22(39-2)29(21)36)28(35)27(13-34)46-33-25(42-5)11-18(12-26(33)43-6)32-20-15-44-31(19(20)14-45-32)17-9-23(40-3)30(37)24(10-17)41-4/h7-12,19-20,27-28,31-32,34-37H,13-15H2,1-6H3/t19-,20-,27+,28-,31+,32+/m1/s1. The van der Waals surface area contributed by atoms with Gasteiger partial charge in [-0.3, -0.25) is 0 Å². The van der Waals surface area contributed by atoms with Crippen LogP contribution in [0.1, 0.15) is 35.0 Å². The third-order valence-electron chi connectivity index (χ3n) is 8.55. The van der Waals surface area contributed by atoms with Gasteiger partial charge in [0.2, 0.25) is 17.2 Å². The minimum atomic E-state index is -1.36.